The van der Waals surface area contributed by atoms with Crippen LogP contribution in [0.1, 0.15) is 50.2 Å². The molecule has 1 atom stereocenters. The van der Waals surface area contributed by atoms with Gasteiger partial charge < -0.3 is 10.2 Å². The van der Waals surface area contributed by atoms with Gasteiger partial charge in [0.1, 0.15) is 0 Å². The van der Waals surface area contributed by atoms with Crippen LogP contribution < -0.4 is 10.2 Å². The Morgan fingerprint density at radius 1 is 1.50 bits per heavy atom. The molecule has 1 unspecified atom stereocenters. The first kappa shape index (κ1) is 13.8. The van der Waals surface area contributed by atoms with Crippen molar-refractivity contribution in [3.63, 3.8) is 0 Å². The van der Waals surface area contributed by atoms with E-state index in [1.54, 1.807) is 0 Å². The predicted octanol–water partition coefficient (Wildman–Crippen LogP) is 3.22. The summed E-state index contributed by atoms with van der Waals surface area (Å²) < 4.78 is 0. The summed E-state index contributed by atoms with van der Waals surface area (Å²) in [6.45, 7) is 8.81. The third-order valence-electron chi connectivity index (χ3n) is 3.36. The molecule has 0 bridgehead atoms. The van der Waals surface area contributed by atoms with Crippen molar-refractivity contribution in [2.75, 3.05) is 25.0 Å². The highest BCUT2D eigenvalue weighted by Gasteiger charge is 2.24. The number of aryl methyl sites for hydroxylation is 1. The van der Waals surface area contributed by atoms with Crippen LogP contribution in [0, 0.1) is 5.92 Å². The van der Waals surface area contributed by atoms with E-state index in [1.165, 1.54) is 28.5 Å². The maximum atomic E-state index is 4.84. The summed E-state index contributed by atoms with van der Waals surface area (Å²) in [5, 5.41) is 4.78. The fraction of sp³-hybridized carbons (Fsp3) is 0.786. The molecule has 0 fully saturated rings. The summed E-state index contributed by atoms with van der Waals surface area (Å²) in [4.78, 5) is 8.62. The molecule has 2 rings (SSSR count). The van der Waals surface area contributed by atoms with E-state index < -0.39 is 0 Å². The zero-order valence-corrected chi connectivity index (χ0v) is 12.8. The van der Waals surface area contributed by atoms with Crippen molar-refractivity contribution in [1.29, 1.82) is 0 Å². The quantitative estimate of drug-likeness (QED) is 0.888. The highest BCUT2D eigenvalue weighted by Crippen LogP contribution is 2.37. The number of hydrogen-bond donors (Lipinski definition) is 1. The van der Waals surface area contributed by atoms with Gasteiger partial charge in [0.15, 0.2) is 5.13 Å². The van der Waals surface area contributed by atoms with Gasteiger partial charge in [0.05, 0.1) is 5.69 Å². The third-order valence-corrected chi connectivity index (χ3v) is 4.68. The van der Waals surface area contributed by atoms with E-state index in [-0.39, 0.29) is 0 Å². The summed E-state index contributed by atoms with van der Waals surface area (Å²) >= 11 is 1.89. The molecule has 1 heterocycles. The van der Waals surface area contributed by atoms with Gasteiger partial charge in [-0.05, 0) is 31.7 Å². The highest BCUT2D eigenvalue weighted by molar-refractivity contribution is 7.15. The van der Waals surface area contributed by atoms with Crippen LogP contribution in [0.3, 0.4) is 0 Å². The lowest BCUT2D eigenvalue weighted by Crippen LogP contribution is -2.23. The molecular formula is C14H25N3S. The number of thiazole rings is 1. The second kappa shape index (κ2) is 6.02. The van der Waals surface area contributed by atoms with Gasteiger partial charge in [-0.2, -0.15) is 0 Å². The molecule has 0 spiro atoms. The zero-order chi connectivity index (χ0) is 13.1. The Kier molecular flexibility index (Phi) is 4.62. The SMILES string of the molecule is CCNC1CCCc2nc(N(C)CC(C)C)sc21. The van der Waals surface area contributed by atoms with Crippen LogP contribution in [0.15, 0.2) is 0 Å². The van der Waals surface area contributed by atoms with Crippen molar-refractivity contribution in [2.24, 2.45) is 5.92 Å². The molecule has 0 aromatic carbocycles. The molecule has 18 heavy (non-hydrogen) atoms. The molecule has 4 heteroatoms. The maximum absolute atomic E-state index is 4.84. The van der Waals surface area contributed by atoms with E-state index >= 15 is 0 Å². The minimum Gasteiger partial charge on any atom is -0.351 e. The van der Waals surface area contributed by atoms with Crippen LogP contribution in [0.4, 0.5) is 5.13 Å². The molecule has 1 aliphatic rings. The number of rotatable bonds is 5. The van der Waals surface area contributed by atoms with Crippen molar-refractivity contribution in [1.82, 2.24) is 10.3 Å². The normalized spacial score (nSPS) is 19.1. The van der Waals surface area contributed by atoms with Crippen LogP contribution in [-0.4, -0.2) is 25.1 Å². The van der Waals surface area contributed by atoms with Crippen LogP contribution in [0.25, 0.3) is 0 Å². The first-order chi connectivity index (χ1) is 8.61. The Hall–Kier alpha value is -0.610. The van der Waals surface area contributed by atoms with Gasteiger partial charge in [-0.15, -0.1) is 0 Å². The zero-order valence-electron chi connectivity index (χ0n) is 12.0. The Morgan fingerprint density at radius 2 is 2.28 bits per heavy atom. The molecule has 3 nitrogen and oxygen atoms in total. The molecule has 1 aliphatic carbocycles. The number of nitrogens with zero attached hydrogens (tertiary/aromatic N) is 2. The predicted molar refractivity (Wildman–Crippen MR) is 79.6 cm³/mol. The lowest BCUT2D eigenvalue weighted by atomic mass is 9.98. The first-order valence-corrected chi connectivity index (χ1v) is 7.87. The Morgan fingerprint density at radius 3 is 2.94 bits per heavy atom. The molecule has 0 saturated carbocycles. The number of nitrogens with one attached hydrogen (secondary N) is 1. The fourth-order valence-corrected chi connectivity index (χ4v) is 3.83. The Bertz CT molecular complexity index is 386. The average molecular weight is 267 g/mol. The number of hydrogen-bond acceptors (Lipinski definition) is 4. The van der Waals surface area contributed by atoms with E-state index in [9.17, 15) is 0 Å². The fourth-order valence-electron chi connectivity index (χ4n) is 2.64. The minimum atomic E-state index is 0.539. The molecule has 0 radical (unpaired) electrons. The monoisotopic (exact) mass is 267 g/mol. The second-order valence-corrected chi connectivity index (χ2v) is 6.59. The van der Waals surface area contributed by atoms with Crippen molar-refractivity contribution < 1.29 is 0 Å². The third kappa shape index (κ3) is 3.04. The van der Waals surface area contributed by atoms with E-state index in [2.05, 4.69) is 38.0 Å². The average Bonchev–Trinajstić information content (AvgIpc) is 2.73. The first-order valence-electron chi connectivity index (χ1n) is 7.06. The Balaban J connectivity index is 2.16. The summed E-state index contributed by atoms with van der Waals surface area (Å²) in [6.07, 6.45) is 3.68. The molecule has 0 amide bonds. The largest absolute Gasteiger partial charge is 0.351 e. The van der Waals surface area contributed by atoms with Gasteiger partial charge >= 0.3 is 0 Å². The van der Waals surface area contributed by atoms with Gasteiger partial charge in [-0.25, -0.2) is 4.98 Å². The lowest BCUT2D eigenvalue weighted by Gasteiger charge is -2.21. The van der Waals surface area contributed by atoms with Crippen LogP contribution in [0.2, 0.25) is 0 Å². The van der Waals surface area contributed by atoms with E-state index in [0.717, 1.165) is 19.5 Å². The molecular weight excluding hydrogens is 242 g/mol. The second-order valence-electron chi connectivity index (χ2n) is 5.58. The summed E-state index contributed by atoms with van der Waals surface area (Å²) in [5.74, 6) is 0.681. The maximum Gasteiger partial charge on any atom is 0.185 e. The molecule has 1 aromatic heterocycles. The number of anilines is 1. The van der Waals surface area contributed by atoms with E-state index in [0.29, 0.717) is 12.0 Å². The van der Waals surface area contributed by atoms with Gasteiger partial charge in [0.25, 0.3) is 0 Å². The standard InChI is InChI=1S/C14H25N3S/c1-5-15-11-7-6-8-12-13(11)18-14(16-12)17(4)9-10(2)3/h10-11,15H,5-9H2,1-4H3. The topological polar surface area (TPSA) is 28.2 Å². The molecule has 1 aromatic rings. The van der Waals surface area contributed by atoms with Crippen LogP contribution in [0.5, 0.6) is 0 Å². The smallest absolute Gasteiger partial charge is 0.185 e. The molecule has 0 saturated heterocycles. The van der Waals surface area contributed by atoms with Crippen LogP contribution >= 0.6 is 11.3 Å². The summed E-state index contributed by atoms with van der Waals surface area (Å²) in [5.41, 5.74) is 1.34. The van der Waals surface area contributed by atoms with E-state index in [4.69, 9.17) is 4.98 Å². The van der Waals surface area contributed by atoms with Crippen molar-refractivity contribution in [3.8, 4) is 0 Å². The highest BCUT2D eigenvalue weighted by atomic mass is 32.1. The molecule has 102 valence electrons. The summed E-state index contributed by atoms with van der Waals surface area (Å²) in [6, 6.07) is 0.539. The number of aromatic nitrogens is 1. The van der Waals surface area contributed by atoms with Crippen molar-refractivity contribution in [3.05, 3.63) is 10.6 Å². The van der Waals surface area contributed by atoms with Gasteiger partial charge in [-0.1, -0.05) is 32.1 Å². The number of fused-ring (bicyclic) bond motifs is 1. The van der Waals surface area contributed by atoms with E-state index in [1.807, 2.05) is 11.3 Å². The van der Waals surface area contributed by atoms with Crippen molar-refractivity contribution in [2.45, 2.75) is 46.1 Å². The van der Waals surface area contributed by atoms with Crippen LogP contribution in [-0.2, 0) is 6.42 Å². The lowest BCUT2D eigenvalue weighted by molar-refractivity contribution is 0.476. The minimum absolute atomic E-state index is 0.539. The summed E-state index contributed by atoms with van der Waals surface area (Å²) in [7, 11) is 2.16. The van der Waals surface area contributed by atoms with Gasteiger partial charge in [0.2, 0.25) is 0 Å². The Labute approximate surface area is 115 Å². The van der Waals surface area contributed by atoms with Gasteiger partial charge in [-0.3, -0.25) is 0 Å². The molecule has 1 N–H and O–H groups in total. The van der Waals surface area contributed by atoms with Gasteiger partial charge in [0, 0.05) is 24.5 Å². The van der Waals surface area contributed by atoms with Crippen molar-refractivity contribution >= 4 is 16.5 Å². The molecule has 0 aliphatic heterocycles.